The summed E-state index contributed by atoms with van der Waals surface area (Å²) in [5.74, 6) is -0.270. The number of amides is 1. The van der Waals surface area contributed by atoms with E-state index >= 15 is 0 Å². The number of carbonyl (C=O) groups is 1. The number of aliphatic hydroxyl groups is 1. The lowest BCUT2D eigenvalue weighted by Gasteiger charge is -2.13. The van der Waals surface area contributed by atoms with Crippen molar-refractivity contribution >= 4 is 11.6 Å². The third kappa shape index (κ3) is 2.29. The molecule has 0 spiro atoms. The maximum atomic E-state index is 11.7. The fourth-order valence-corrected chi connectivity index (χ4v) is 2.19. The summed E-state index contributed by atoms with van der Waals surface area (Å²) in [6.07, 6.45) is 0. The topological polar surface area (TPSA) is 95.5 Å². The van der Waals surface area contributed by atoms with Gasteiger partial charge in [-0.15, -0.1) is 0 Å². The highest BCUT2D eigenvalue weighted by Gasteiger charge is 2.57. The summed E-state index contributed by atoms with van der Waals surface area (Å²) in [4.78, 5) is 23.9. The molecule has 0 bridgehead atoms. The molecule has 1 heterocycles. The maximum absolute atomic E-state index is 11.7. The molecule has 1 aliphatic rings. The number of likely N-dealkylation sites (N-methyl/N-ethyl adjacent to an activating group) is 1. The highest BCUT2D eigenvalue weighted by molar-refractivity contribution is 5.89. The molecule has 1 fully saturated rings. The Morgan fingerprint density at radius 2 is 2.26 bits per heavy atom. The number of hydrogen-bond donors (Lipinski definition) is 2. The van der Waals surface area contributed by atoms with Crippen LogP contribution in [0.2, 0.25) is 0 Å². The number of nitrogens with zero attached hydrogens (tertiary/aromatic N) is 2. The number of carbonyl (C=O) groups excluding carboxylic acids is 1. The van der Waals surface area contributed by atoms with Crippen molar-refractivity contribution in [3.8, 4) is 0 Å². The first-order chi connectivity index (χ1) is 9.05. The van der Waals surface area contributed by atoms with Crippen LogP contribution in [0.4, 0.5) is 5.69 Å². The number of rotatable bonds is 5. The molecule has 1 saturated heterocycles. The molecule has 1 aromatic carbocycles. The predicted octanol–water partition coefficient (Wildman–Crippen LogP) is -0.112. The van der Waals surface area contributed by atoms with Gasteiger partial charge in [-0.05, 0) is 0 Å². The quantitative estimate of drug-likeness (QED) is 0.440. The minimum atomic E-state index is -0.932. The fraction of sp³-hybridized carbons (Fsp3) is 0.417. The van der Waals surface area contributed by atoms with Gasteiger partial charge in [-0.1, -0.05) is 18.2 Å². The summed E-state index contributed by atoms with van der Waals surface area (Å²) in [6, 6.07) is 6.40. The van der Waals surface area contributed by atoms with Gasteiger partial charge in [-0.25, -0.2) is 0 Å². The molecule has 19 heavy (non-hydrogen) atoms. The SMILES string of the molecule is CNC(=O)C1(CO)CN1Cc1ccccc1[N+](=O)[O-]. The van der Waals surface area contributed by atoms with Gasteiger partial charge in [-0.3, -0.25) is 19.8 Å². The predicted molar refractivity (Wildman–Crippen MR) is 67.4 cm³/mol. The number of nitro benzene ring substituents is 1. The number of benzene rings is 1. The van der Waals surface area contributed by atoms with Crippen LogP contribution in [0.1, 0.15) is 5.56 Å². The molecule has 2 atom stereocenters. The lowest BCUT2D eigenvalue weighted by molar-refractivity contribution is -0.385. The summed E-state index contributed by atoms with van der Waals surface area (Å²) in [6.45, 7) is 0.369. The minimum absolute atomic E-state index is 0.0261. The molecule has 102 valence electrons. The molecule has 2 N–H and O–H groups in total. The Kier molecular flexibility index (Phi) is 3.50. The zero-order valence-corrected chi connectivity index (χ0v) is 10.5. The van der Waals surface area contributed by atoms with Crippen molar-refractivity contribution in [2.75, 3.05) is 20.2 Å². The zero-order chi connectivity index (χ0) is 14.0. The van der Waals surface area contributed by atoms with Gasteiger partial charge in [0.1, 0.15) is 5.54 Å². The van der Waals surface area contributed by atoms with Crippen molar-refractivity contribution in [2.45, 2.75) is 12.1 Å². The highest BCUT2D eigenvalue weighted by Crippen LogP contribution is 2.35. The van der Waals surface area contributed by atoms with E-state index in [9.17, 15) is 20.0 Å². The van der Waals surface area contributed by atoms with Gasteiger partial charge in [0.2, 0.25) is 5.91 Å². The van der Waals surface area contributed by atoms with Crippen LogP contribution in [-0.2, 0) is 11.3 Å². The summed E-state index contributed by atoms with van der Waals surface area (Å²) in [5.41, 5.74) is -0.372. The van der Waals surface area contributed by atoms with Crippen molar-refractivity contribution in [1.82, 2.24) is 10.2 Å². The fourth-order valence-electron chi connectivity index (χ4n) is 2.19. The van der Waals surface area contributed by atoms with Crippen LogP contribution in [0.3, 0.4) is 0 Å². The summed E-state index contributed by atoms with van der Waals surface area (Å²) in [7, 11) is 1.50. The van der Waals surface area contributed by atoms with Crippen molar-refractivity contribution in [2.24, 2.45) is 0 Å². The van der Waals surface area contributed by atoms with E-state index in [2.05, 4.69) is 5.32 Å². The van der Waals surface area contributed by atoms with Crippen LogP contribution in [0, 0.1) is 10.1 Å². The zero-order valence-electron chi connectivity index (χ0n) is 10.5. The van der Waals surface area contributed by atoms with E-state index < -0.39 is 10.5 Å². The third-order valence-corrected chi connectivity index (χ3v) is 3.42. The van der Waals surface area contributed by atoms with Crippen LogP contribution in [0.15, 0.2) is 24.3 Å². The smallest absolute Gasteiger partial charge is 0.273 e. The molecule has 7 heteroatoms. The van der Waals surface area contributed by atoms with Crippen LogP contribution >= 0.6 is 0 Å². The number of aliphatic hydroxyl groups excluding tert-OH is 1. The molecule has 0 radical (unpaired) electrons. The van der Waals surface area contributed by atoms with Crippen molar-refractivity contribution in [3.63, 3.8) is 0 Å². The molecular weight excluding hydrogens is 250 g/mol. The molecule has 1 amide bonds. The van der Waals surface area contributed by atoms with E-state index in [4.69, 9.17) is 0 Å². The average molecular weight is 265 g/mol. The van der Waals surface area contributed by atoms with Gasteiger partial charge in [0.25, 0.3) is 5.69 Å². The molecule has 7 nitrogen and oxygen atoms in total. The Labute approximate surface area is 110 Å². The standard InChI is InChI=1S/C12H15N3O4/c1-13-11(17)12(8-16)7-14(12)6-9-4-2-3-5-10(9)15(18)19/h2-5,16H,6-8H2,1H3,(H,13,17). The average Bonchev–Trinajstić information content (AvgIpc) is 3.12. The summed E-state index contributed by atoms with van der Waals surface area (Å²) in [5, 5.41) is 22.7. The number of para-hydroxylation sites is 1. The van der Waals surface area contributed by atoms with E-state index in [1.165, 1.54) is 13.1 Å². The van der Waals surface area contributed by atoms with Gasteiger partial charge in [-0.2, -0.15) is 0 Å². The molecule has 1 aliphatic heterocycles. The number of hydrogen-bond acceptors (Lipinski definition) is 5. The van der Waals surface area contributed by atoms with E-state index in [1.54, 1.807) is 23.1 Å². The molecule has 0 aliphatic carbocycles. The largest absolute Gasteiger partial charge is 0.394 e. The third-order valence-electron chi connectivity index (χ3n) is 3.42. The van der Waals surface area contributed by atoms with E-state index in [-0.39, 0.29) is 24.7 Å². The first-order valence-corrected chi connectivity index (χ1v) is 5.85. The van der Waals surface area contributed by atoms with E-state index in [1.807, 2.05) is 0 Å². The minimum Gasteiger partial charge on any atom is -0.394 e. The lowest BCUT2D eigenvalue weighted by Crippen LogP contribution is -2.41. The Morgan fingerprint density at radius 1 is 1.58 bits per heavy atom. The van der Waals surface area contributed by atoms with Gasteiger partial charge < -0.3 is 10.4 Å². The first kappa shape index (κ1) is 13.4. The highest BCUT2D eigenvalue weighted by atomic mass is 16.6. The monoisotopic (exact) mass is 265 g/mol. The van der Waals surface area contributed by atoms with Gasteiger partial charge in [0.05, 0.1) is 11.5 Å². The molecule has 0 saturated carbocycles. The first-order valence-electron chi connectivity index (χ1n) is 5.85. The van der Waals surface area contributed by atoms with Crippen molar-refractivity contribution < 1.29 is 14.8 Å². The second-order valence-corrected chi connectivity index (χ2v) is 4.51. The van der Waals surface area contributed by atoms with Crippen molar-refractivity contribution in [1.29, 1.82) is 0 Å². The summed E-state index contributed by atoms with van der Waals surface area (Å²) >= 11 is 0. The molecule has 1 aromatic rings. The summed E-state index contributed by atoms with van der Waals surface area (Å²) < 4.78 is 0. The van der Waals surface area contributed by atoms with Crippen LogP contribution in [0.25, 0.3) is 0 Å². The second-order valence-electron chi connectivity index (χ2n) is 4.51. The Morgan fingerprint density at radius 3 is 2.84 bits per heavy atom. The number of nitro groups is 1. The van der Waals surface area contributed by atoms with E-state index in [0.717, 1.165) is 0 Å². The van der Waals surface area contributed by atoms with Gasteiger partial charge >= 0.3 is 0 Å². The van der Waals surface area contributed by atoms with Crippen LogP contribution < -0.4 is 5.32 Å². The molecule has 2 unspecified atom stereocenters. The van der Waals surface area contributed by atoms with Gasteiger partial charge in [0.15, 0.2) is 0 Å². The Bertz CT molecular complexity index is 519. The second kappa shape index (κ2) is 4.94. The Hall–Kier alpha value is -1.99. The van der Waals surface area contributed by atoms with Crippen LogP contribution in [-0.4, -0.2) is 46.6 Å². The van der Waals surface area contributed by atoms with Crippen LogP contribution in [0.5, 0.6) is 0 Å². The normalized spacial score (nSPS) is 24.8. The molecule has 2 rings (SSSR count). The molecule has 0 aromatic heterocycles. The maximum Gasteiger partial charge on any atom is 0.273 e. The van der Waals surface area contributed by atoms with Gasteiger partial charge in [0, 0.05) is 31.8 Å². The van der Waals surface area contributed by atoms with E-state index in [0.29, 0.717) is 12.1 Å². The number of nitrogens with one attached hydrogen (secondary N) is 1. The Balaban J connectivity index is 2.16. The lowest BCUT2D eigenvalue weighted by atomic mass is 10.1. The molecular formula is C12H15N3O4. The van der Waals surface area contributed by atoms with Crippen molar-refractivity contribution in [3.05, 3.63) is 39.9 Å².